The van der Waals surface area contributed by atoms with Crippen molar-refractivity contribution < 1.29 is 9.59 Å². The molecule has 0 spiro atoms. The van der Waals surface area contributed by atoms with Crippen LogP contribution in [0.3, 0.4) is 0 Å². The summed E-state index contributed by atoms with van der Waals surface area (Å²) < 4.78 is 0. The van der Waals surface area contributed by atoms with Gasteiger partial charge in [-0.15, -0.1) is 0 Å². The van der Waals surface area contributed by atoms with Crippen LogP contribution >= 0.6 is 0 Å². The highest BCUT2D eigenvalue weighted by Crippen LogP contribution is 2.24. The molecule has 0 radical (unpaired) electrons. The lowest BCUT2D eigenvalue weighted by atomic mass is 10.1. The monoisotopic (exact) mass is 226 g/mol. The van der Waals surface area contributed by atoms with Crippen LogP contribution in [0.2, 0.25) is 0 Å². The van der Waals surface area contributed by atoms with Gasteiger partial charge in [-0.1, -0.05) is 12.8 Å². The van der Waals surface area contributed by atoms with Crippen LogP contribution in [0.4, 0.5) is 0 Å². The molecule has 0 bridgehead atoms. The first kappa shape index (κ1) is 13.0. The van der Waals surface area contributed by atoms with E-state index in [4.69, 9.17) is 0 Å². The Morgan fingerprint density at radius 2 is 1.75 bits per heavy atom. The summed E-state index contributed by atoms with van der Waals surface area (Å²) in [7, 11) is 0. The van der Waals surface area contributed by atoms with E-state index < -0.39 is 0 Å². The number of amides is 2. The van der Waals surface area contributed by atoms with E-state index in [2.05, 4.69) is 10.6 Å². The van der Waals surface area contributed by atoms with Gasteiger partial charge in [0.15, 0.2) is 0 Å². The van der Waals surface area contributed by atoms with Crippen molar-refractivity contribution in [3.63, 3.8) is 0 Å². The molecule has 2 amide bonds. The zero-order valence-electron chi connectivity index (χ0n) is 10.4. The third-order valence-electron chi connectivity index (χ3n) is 2.66. The Morgan fingerprint density at radius 3 is 2.25 bits per heavy atom. The molecular weight excluding hydrogens is 204 g/mol. The van der Waals surface area contributed by atoms with Crippen molar-refractivity contribution in [1.29, 1.82) is 0 Å². The SMILES string of the molecule is CC(C)(C)NC(=O)CNC(=O)C1CCCC1. The van der Waals surface area contributed by atoms with Gasteiger partial charge in [0.1, 0.15) is 0 Å². The largest absolute Gasteiger partial charge is 0.350 e. The molecule has 0 aliphatic heterocycles. The number of hydrogen-bond donors (Lipinski definition) is 2. The average Bonchev–Trinajstić information content (AvgIpc) is 2.64. The molecule has 4 nitrogen and oxygen atoms in total. The first-order chi connectivity index (χ1) is 7.38. The first-order valence-electron chi connectivity index (χ1n) is 5.97. The maximum absolute atomic E-state index is 11.6. The van der Waals surface area contributed by atoms with E-state index in [1.165, 1.54) is 0 Å². The molecule has 92 valence electrons. The van der Waals surface area contributed by atoms with E-state index in [1.54, 1.807) is 0 Å². The van der Waals surface area contributed by atoms with Gasteiger partial charge in [-0.05, 0) is 33.6 Å². The zero-order valence-corrected chi connectivity index (χ0v) is 10.4. The number of hydrogen-bond acceptors (Lipinski definition) is 2. The van der Waals surface area contributed by atoms with Crippen molar-refractivity contribution in [3.8, 4) is 0 Å². The summed E-state index contributed by atoms with van der Waals surface area (Å²) in [6.45, 7) is 5.85. The van der Waals surface area contributed by atoms with Crippen LogP contribution < -0.4 is 10.6 Å². The van der Waals surface area contributed by atoms with E-state index >= 15 is 0 Å². The minimum Gasteiger partial charge on any atom is -0.350 e. The number of carbonyl (C=O) groups excluding carboxylic acids is 2. The Morgan fingerprint density at radius 1 is 1.19 bits per heavy atom. The Balaban J connectivity index is 2.23. The fraction of sp³-hybridized carbons (Fsp3) is 0.833. The first-order valence-corrected chi connectivity index (χ1v) is 5.97. The Hall–Kier alpha value is -1.06. The Kier molecular flexibility index (Phi) is 4.33. The molecule has 1 aliphatic carbocycles. The molecule has 4 heteroatoms. The number of nitrogens with one attached hydrogen (secondary N) is 2. The minimum atomic E-state index is -0.241. The third kappa shape index (κ3) is 4.64. The molecule has 0 aromatic heterocycles. The van der Waals surface area contributed by atoms with Crippen LogP contribution in [0, 0.1) is 5.92 Å². The molecule has 0 heterocycles. The van der Waals surface area contributed by atoms with Crippen molar-refractivity contribution in [3.05, 3.63) is 0 Å². The lowest BCUT2D eigenvalue weighted by molar-refractivity contribution is -0.129. The average molecular weight is 226 g/mol. The van der Waals surface area contributed by atoms with Crippen LogP contribution in [-0.4, -0.2) is 23.9 Å². The molecule has 1 rings (SSSR count). The van der Waals surface area contributed by atoms with Crippen molar-refractivity contribution in [1.82, 2.24) is 10.6 Å². The molecular formula is C12H22N2O2. The Bertz CT molecular complexity index is 263. The second kappa shape index (κ2) is 5.32. The van der Waals surface area contributed by atoms with E-state index in [-0.39, 0.29) is 29.8 Å². The van der Waals surface area contributed by atoms with Crippen LogP contribution in [0.15, 0.2) is 0 Å². The van der Waals surface area contributed by atoms with Gasteiger partial charge in [0, 0.05) is 11.5 Å². The predicted octanol–water partition coefficient (Wildman–Crippen LogP) is 1.21. The second-order valence-corrected chi connectivity index (χ2v) is 5.50. The van der Waals surface area contributed by atoms with Crippen molar-refractivity contribution >= 4 is 11.8 Å². The highest BCUT2D eigenvalue weighted by Gasteiger charge is 2.23. The lowest BCUT2D eigenvalue weighted by Gasteiger charge is -2.20. The van der Waals surface area contributed by atoms with Crippen LogP contribution in [-0.2, 0) is 9.59 Å². The van der Waals surface area contributed by atoms with Crippen molar-refractivity contribution in [2.24, 2.45) is 5.92 Å². The topological polar surface area (TPSA) is 58.2 Å². The number of carbonyl (C=O) groups is 2. The Labute approximate surface area is 97.2 Å². The van der Waals surface area contributed by atoms with Gasteiger partial charge in [-0.3, -0.25) is 9.59 Å². The third-order valence-corrected chi connectivity index (χ3v) is 2.66. The van der Waals surface area contributed by atoms with Gasteiger partial charge in [-0.2, -0.15) is 0 Å². The van der Waals surface area contributed by atoms with Crippen molar-refractivity contribution in [2.45, 2.75) is 52.0 Å². The highest BCUT2D eigenvalue weighted by atomic mass is 16.2. The molecule has 1 saturated carbocycles. The quantitative estimate of drug-likeness (QED) is 0.760. The van der Waals surface area contributed by atoms with E-state index in [0.29, 0.717) is 0 Å². The van der Waals surface area contributed by atoms with E-state index in [1.807, 2.05) is 20.8 Å². The summed E-state index contributed by atoms with van der Waals surface area (Å²) in [5, 5.41) is 5.51. The van der Waals surface area contributed by atoms with E-state index in [9.17, 15) is 9.59 Å². The smallest absolute Gasteiger partial charge is 0.239 e. The summed E-state index contributed by atoms with van der Waals surface area (Å²) in [6.07, 6.45) is 4.19. The fourth-order valence-electron chi connectivity index (χ4n) is 1.96. The van der Waals surface area contributed by atoms with Gasteiger partial charge in [0.2, 0.25) is 11.8 Å². The molecule has 0 unspecified atom stereocenters. The summed E-state index contributed by atoms with van der Waals surface area (Å²) in [5.74, 6) is 0.0304. The van der Waals surface area contributed by atoms with Crippen LogP contribution in [0.25, 0.3) is 0 Å². The van der Waals surface area contributed by atoms with Gasteiger partial charge in [0.05, 0.1) is 6.54 Å². The highest BCUT2D eigenvalue weighted by molar-refractivity contribution is 5.86. The summed E-state index contributed by atoms with van der Waals surface area (Å²) in [6, 6.07) is 0. The van der Waals surface area contributed by atoms with Crippen LogP contribution in [0.1, 0.15) is 46.5 Å². The van der Waals surface area contributed by atoms with Gasteiger partial charge >= 0.3 is 0 Å². The van der Waals surface area contributed by atoms with Crippen LogP contribution in [0.5, 0.6) is 0 Å². The number of rotatable bonds is 3. The van der Waals surface area contributed by atoms with E-state index in [0.717, 1.165) is 25.7 Å². The maximum atomic E-state index is 11.6. The molecule has 16 heavy (non-hydrogen) atoms. The minimum absolute atomic E-state index is 0.0292. The predicted molar refractivity (Wildman–Crippen MR) is 62.9 cm³/mol. The summed E-state index contributed by atoms with van der Waals surface area (Å²) in [4.78, 5) is 23.1. The molecule has 0 saturated heterocycles. The summed E-state index contributed by atoms with van der Waals surface area (Å²) in [5.41, 5.74) is -0.241. The van der Waals surface area contributed by atoms with Gasteiger partial charge < -0.3 is 10.6 Å². The maximum Gasteiger partial charge on any atom is 0.239 e. The summed E-state index contributed by atoms with van der Waals surface area (Å²) >= 11 is 0. The van der Waals surface area contributed by atoms with Crippen molar-refractivity contribution in [2.75, 3.05) is 6.54 Å². The normalized spacial score (nSPS) is 17.2. The molecule has 0 atom stereocenters. The fourth-order valence-corrected chi connectivity index (χ4v) is 1.96. The zero-order chi connectivity index (χ0) is 12.2. The molecule has 0 aromatic carbocycles. The molecule has 2 N–H and O–H groups in total. The second-order valence-electron chi connectivity index (χ2n) is 5.50. The molecule has 1 aliphatic rings. The van der Waals surface area contributed by atoms with Gasteiger partial charge in [-0.25, -0.2) is 0 Å². The molecule has 1 fully saturated rings. The van der Waals surface area contributed by atoms with Gasteiger partial charge in [0.25, 0.3) is 0 Å². The standard InChI is InChI=1S/C12H22N2O2/c1-12(2,3)14-10(15)8-13-11(16)9-6-4-5-7-9/h9H,4-8H2,1-3H3,(H,13,16)(H,14,15). The molecule has 0 aromatic rings. The lowest BCUT2D eigenvalue weighted by Crippen LogP contribution is -2.46.